The quantitative estimate of drug-likeness (QED) is 0.656. The molecule has 0 aliphatic heterocycles. The molecule has 2 rings (SSSR count). The topological polar surface area (TPSA) is 67.8 Å². The van der Waals surface area contributed by atoms with Gasteiger partial charge in [-0.2, -0.15) is 18.4 Å². The highest BCUT2D eigenvalue weighted by Gasteiger charge is 2.13. The third-order valence-corrected chi connectivity index (χ3v) is 4.24. The van der Waals surface area contributed by atoms with Crippen LogP contribution < -0.4 is 4.83 Å². The molecule has 5 nitrogen and oxygen atoms in total. The molecular formula is C16H18N2O3S. The van der Waals surface area contributed by atoms with Crippen molar-refractivity contribution in [3.8, 4) is 0 Å². The van der Waals surface area contributed by atoms with Crippen molar-refractivity contribution in [2.75, 3.05) is 13.7 Å². The number of aryl methyl sites for hydroxylation is 1. The van der Waals surface area contributed by atoms with Crippen LogP contribution in [0.3, 0.4) is 0 Å². The fraction of sp³-hybridized carbons (Fsp3) is 0.188. The number of nitrogens with one attached hydrogen (secondary N) is 1. The summed E-state index contributed by atoms with van der Waals surface area (Å²) in [6.07, 6.45) is 0. The molecule has 0 aliphatic rings. The molecule has 2 aromatic rings. The second kappa shape index (κ2) is 7.20. The van der Waals surface area contributed by atoms with Crippen molar-refractivity contribution in [1.29, 1.82) is 0 Å². The molecule has 2 aromatic carbocycles. The second-order valence-corrected chi connectivity index (χ2v) is 6.43. The van der Waals surface area contributed by atoms with Crippen LogP contribution >= 0.6 is 0 Å². The molecule has 0 bridgehead atoms. The number of ether oxygens (including phenoxy) is 1. The van der Waals surface area contributed by atoms with Gasteiger partial charge in [0.05, 0.1) is 17.2 Å². The molecule has 116 valence electrons. The number of nitrogens with zero attached hydrogens (tertiary/aromatic N) is 1. The largest absolute Gasteiger partial charge is 0.378 e. The Morgan fingerprint density at radius 2 is 1.73 bits per heavy atom. The highest BCUT2D eigenvalue weighted by molar-refractivity contribution is 7.89. The van der Waals surface area contributed by atoms with Crippen molar-refractivity contribution < 1.29 is 13.2 Å². The van der Waals surface area contributed by atoms with E-state index in [0.29, 0.717) is 5.71 Å². The summed E-state index contributed by atoms with van der Waals surface area (Å²) in [5, 5.41) is 4.01. The van der Waals surface area contributed by atoms with Gasteiger partial charge in [0.15, 0.2) is 0 Å². The molecule has 0 unspecified atom stereocenters. The lowest BCUT2D eigenvalue weighted by Gasteiger charge is -2.08. The lowest BCUT2D eigenvalue weighted by Crippen LogP contribution is -2.22. The lowest BCUT2D eigenvalue weighted by atomic mass is 10.1. The Kier molecular flexibility index (Phi) is 5.30. The van der Waals surface area contributed by atoms with Crippen LogP contribution in [0.4, 0.5) is 0 Å². The van der Waals surface area contributed by atoms with Crippen LogP contribution in [0.1, 0.15) is 11.1 Å². The Balaban J connectivity index is 2.25. The molecular weight excluding hydrogens is 300 g/mol. The Labute approximate surface area is 130 Å². The van der Waals surface area contributed by atoms with Gasteiger partial charge in [-0.15, -0.1) is 0 Å². The number of hydrogen-bond acceptors (Lipinski definition) is 4. The number of hydrogen-bond donors (Lipinski definition) is 1. The summed E-state index contributed by atoms with van der Waals surface area (Å²) in [6.45, 7) is 2.11. The summed E-state index contributed by atoms with van der Waals surface area (Å²) in [5.74, 6) is 0. The van der Waals surface area contributed by atoms with Crippen molar-refractivity contribution in [2.45, 2.75) is 11.8 Å². The minimum Gasteiger partial charge on any atom is -0.378 e. The van der Waals surface area contributed by atoms with Crippen molar-refractivity contribution in [3.63, 3.8) is 0 Å². The molecule has 22 heavy (non-hydrogen) atoms. The first-order valence-corrected chi connectivity index (χ1v) is 8.20. The van der Waals surface area contributed by atoms with Gasteiger partial charge in [0, 0.05) is 12.7 Å². The maximum absolute atomic E-state index is 12.2. The fourth-order valence-corrected chi connectivity index (χ4v) is 2.66. The van der Waals surface area contributed by atoms with E-state index in [1.165, 1.54) is 7.11 Å². The highest BCUT2D eigenvalue weighted by Crippen LogP contribution is 2.10. The van der Waals surface area contributed by atoms with Crippen molar-refractivity contribution >= 4 is 15.7 Å². The average molecular weight is 318 g/mol. The van der Waals surface area contributed by atoms with E-state index < -0.39 is 10.0 Å². The van der Waals surface area contributed by atoms with Crippen LogP contribution in [-0.2, 0) is 14.8 Å². The normalized spacial score (nSPS) is 12.2. The third kappa shape index (κ3) is 4.16. The van der Waals surface area contributed by atoms with Gasteiger partial charge in [-0.1, -0.05) is 48.0 Å². The first-order chi connectivity index (χ1) is 10.5. The summed E-state index contributed by atoms with van der Waals surface area (Å²) in [6, 6.07) is 15.9. The zero-order valence-corrected chi connectivity index (χ0v) is 13.3. The molecule has 0 atom stereocenters. The molecule has 0 fully saturated rings. The van der Waals surface area contributed by atoms with E-state index in [9.17, 15) is 8.42 Å². The van der Waals surface area contributed by atoms with E-state index in [4.69, 9.17) is 4.74 Å². The predicted molar refractivity (Wildman–Crippen MR) is 86.4 cm³/mol. The highest BCUT2D eigenvalue weighted by atomic mass is 32.2. The third-order valence-electron chi connectivity index (χ3n) is 3.02. The minimum atomic E-state index is -3.69. The molecule has 6 heteroatoms. The average Bonchev–Trinajstić information content (AvgIpc) is 2.53. The van der Waals surface area contributed by atoms with E-state index in [1.54, 1.807) is 24.3 Å². The van der Waals surface area contributed by atoms with Crippen LogP contribution in [0, 0.1) is 6.92 Å². The summed E-state index contributed by atoms with van der Waals surface area (Å²) < 4.78 is 29.5. The first kappa shape index (κ1) is 16.2. The molecule has 0 radical (unpaired) electrons. The van der Waals surface area contributed by atoms with Crippen LogP contribution in [0.5, 0.6) is 0 Å². The zero-order chi connectivity index (χ0) is 16.0. The van der Waals surface area contributed by atoms with E-state index in [0.717, 1.165) is 11.1 Å². The summed E-state index contributed by atoms with van der Waals surface area (Å²) in [7, 11) is -2.16. The smallest absolute Gasteiger partial charge is 0.276 e. The van der Waals surface area contributed by atoms with Gasteiger partial charge in [0.1, 0.15) is 0 Å². The molecule has 1 N–H and O–H groups in total. The number of benzene rings is 2. The zero-order valence-electron chi connectivity index (χ0n) is 12.5. The Hall–Kier alpha value is -2.18. The van der Waals surface area contributed by atoms with Gasteiger partial charge >= 0.3 is 0 Å². The number of sulfonamides is 1. The van der Waals surface area contributed by atoms with Crippen molar-refractivity contribution in [3.05, 3.63) is 65.7 Å². The van der Waals surface area contributed by atoms with E-state index in [1.807, 2.05) is 37.3 Å². The van der Waals surface area contributed by atoms with Crippen LogP contribution in [0.2, 0.25) is 0 Å². The molecule has 0 aliphatic carbocycles. The standard InChI is InChI=1S/C16H18N2O3S/c1-13-8-10-15(11-9-13)22(19,20)18-17-16(12-21-2)14-6-4-3-5-7-14/h3-11,18H,12H2,1-2H3/b17-16+. The molecule has 0 spiro atoms. The van der Waals surface area contributed by atoms with Gasteiger partial charge in [0.2, 0.25) is 0 Å². The Bertz CT molecular complexity index is 739. The van der Waals surface area contributed by atoms with Gasteiger partial charge in [-0.05, 0) is 19.1 Å². The van der Waals surface area contributed by atoms with Gasteiger partial charge in [-0.3, -0.25) is 0 Å². The predicted octanol–water partition coefficient (Wildman–Crippen LogP) is 2.32. The maximum Gasteiger partial charge on any atom is 0.276 e. The van der Waals surface area contributed by atoms with Gasteiger partial charge in [-0.25, -0.2) is 0 Å². The number of hydrazone groups is 1. The summed E-state index contributed by atoms with van der Waals surface area (Å²) in [4.78, 5) is 2.43. The number of methoxy groups -OCH3 is 1. The first-order valence-electron chi connectivity index (χ1n) is 6.72. The molecule has 0 amide bonds. The number of rotatable bonds is 6. The molecule has 0 heterocycles. The van der Waals surface area contributed by atoms with Crippen LogP contribution in [0.15, 0.2) is 64.6 Å². The summed E-state index contributed by atoms with van der Waals surface area (Å²) >= 11 is 0. The van der Waals surface area contributed by atoms with Crippen molar-refractivity contribution in [2.24, 2.45) is 5.10 Å². The van der Waals surface area contributed by atoms with Crippen LogP contribution in [-0.4, -0.2) is 27.8 Å². The Morgan fingerprint density at radius 3 is 2.32 bits per heavy atom. The van der Waals surface area contributed by atoms with Gasteiger partial charge < -0.3 is 4.74 Å². The van der Waals surface area contributed by atoms with Gasteiger partial charge in [0.25, 0.3) is 10.0 Å². The fourth-order valence-electron chi connectivity index (χ4n) is 1.83. The molecule has 0 saturated carbocycles. The minimum absolute atomic E-state index is 0.173. The van der Waals surface area contributed by atoms with Crippen molar-refractivity contribution in [1.82, 2.24) is 4.83 Å². The van der Waals surface area contributed by atoms with E-state index >= 15 is 0 Å². The van der Waals surface area contributed by atoms with Crippen LogP contribution in [0.25, 0.3) is 0 Å². The lowest BCUT2D eigenvalue weighted by molar-refractivity contribution is 0.245. The maximum atomic E-state index is 12.2. The monoisotopic (exact) mass is 318 g/mol. The SMILES string of the molecule is COC/C(=N\NS(=O)(=O)c1ccc(C)cc1)c1ccccc1. The van der Waals surface area contributed by atoms with E-state index in [-0.39, 0.29) is 11.5 Å². The van der Waals surface area contributed by atoms with E-state index in [2.05, 4.69) is 9.93 Å². The second-order valence-electron chi connectivity index (χ2n) is 4.77. The molecule has 0 saturated heterocycles. The molecule has 0 aromatic heterocycles. The Morgan fingerprint density at radius 1 is 1.09 bits per heavy atom. The summed E-state index contributed by atoms with van der Waals surface area (Å²) in [5.41, 5.74) is 2.31.